The second kappa shape index (κ2) is 14.3. The first kappa shape index (κ1) is 37.5. The maximum absolute atomic E-state index is 14.6. The van der Waals surface area contributed by atoms with Gasteiger partial charge < -0.3 is 30.1 Å². The zero-order valence-corrected chi connectivity index (χ0v) is 31.7. The van der Waals surface area contributed by atoms with Gasteiger partial charge in [-0.2, -0.15) is 0 Å². The van der Waals surface area contributed by atoms with Crippen LogP contribution in [-0.2, 0) is 55.3 Å². The van der Waals surface area contributed by atoms with Gasteiger partial charge in [-0.25, -0.2) is 9.78 Å². The molecular weight excluding hydrogens is 672 g/mol. The second-order valence-corrected chi connectivity index (χ2v) is 16.0. The molecule has 5 amide bonds. The smallest absolute Gasteiger partial charge is 0.410 e. The summed E-state index contributed by atoms with van der Waals surface area (Å²) in [6, 6.07) is 16.2. The van der Waals surface area contributed by atoms with Crippen LogP contribution in [0.3, 0.4) is 0 Å². The first-order chi connectivity index (χ1) is 25.0. The van der Waals surface area contributed by atoms with Crippen LogP contribution in [-0.4, -0.2) is 81.2 Å². The molecule has 3 aromatic rings. The van der Waals surface area contributed by atoms with Gasteiger partial charge in [0.25, 0.3) is 0 Å². The average molecular weight is 723 g/mol. The van der Waals surface area contributed by atoms with Gasteiger partial charge in [0, 0.05) is 63.0 Å². The van der Waals surface area contributed by atoms with Gasteiger partial charge in [-0.3, -0.25) is 19.2 Å². The summed E-state index contributed by atoms with van der Waals surface area (Å²) in [5.74, 6) is -0.0321. The molecule has 2 aromatic carbocycles. The Bertz CT molecular complexity index is 1950. The molecule has 12 nitrogen and oxygen atoms in total. The number of ether oxygens (including phenoxy) is 1. The molecule has 1 aliphatic carbocycles. The maximum Gasteiger partial charge on any atom is 0.410 e. The van der Waals surface area contributed by atoms with Crippen molar-refractivity contribution in [1.29, 1.82) is 0 Å². The Hall–Kier alpha value is -5.26. The Morgan fingerprint density at radius 3 is 2.30 bits per heavy atom. The number of fused-ring (bicyclic) bond motifs is 3. The third-order valence-electron chi connectivity index (χ3n) is 11.0. The standard InChI is InChI=1S/C41H50N6O6/c1-26(35(49)43-32-15-14-28-22-41(23-31(28)21-32)33-13-10-18-42-34(33)44-36(41)50)47(37(51)40(6)16-19-46(20-17-40)27(2)48)25-30-12-9-8-11-29(30)24-45(7)38(52)53-39(3,4)5/h8-15,18,21,26H,16-17,19-20,22-25H2,1-7H3,(H,43,49)(H,42,44,50)/t26-,41-/m1/s1. The van der Waals surface area contributed by atoms with Gasteiger partial charge in [0.1, 0.15) is 17.5 Å². The van der Waals surface area contributed by atoms with Crippen LogP contribution in [0.4, 0.5) is 16.3 Å². The van der Waals surface area contributed by atoms with Gasteiger partial charge in [0.05, 0.1) is 5.41 Å². The van der Waals surface area contributed by atoms with E-state index in [1.165, 1.54) is 11.8 Å². The molecule has 0 unspecified atom stereocenters. The minimum absolute atomic E-state index is 0.0261. The third kappa shape index (κ3) is 7.63. The minimum Gasteiger partial charge on any atom is -0.444 e. The summed E-state index contributed by atoms with van der Waals surface area (Å²) in [5, 5.41) is 5.99. The van der Waals surface area contributed by atoms with Gasteiger partial charge in [-0.15, -0.1) is 0 Å². The minimum atomic E-state index is -0.875. The van der Waals surface area contributed by atoms with E-state index in [4.69, 9.17) is 4.74 Å². The monoisotopic (exact) mass is 722 g/mol. The Balaban J connectivity index is 1.24. The average Bonchev–Trinajstić information content (AvgIpc) is 3.62. The van der Waals surface area contributed by atoms with Crippen LogP contribution in [0.15, 0.2) is 60.8 Å². The van der Waals surface area contributed by atoms with Crippen molar-refractivity contribution in [1.82, 2.24) is 19.7 Å². The topological polar surface area (TPSA) is 141 Å². The first-order valence-electron chi connectivity index (χ1n) is 18.3. The second-order valence-electron chi connectivity index (χ2n) is 16.0. The van der Waals surface area contributed by atoms with E-state index in [2.05, 4.69) is 15.6 Å². The van der Waals surface area contributed by atoms with Crippen molar-refractivity contribution in [3.8, 4) is 0 Å². The predicted octanol–water partition coefficient (Wildman–Crippen LogP) is 5.44. The van der Waals surface area contributed by atoms with Crippen molar-refractivity contribution in [2.24, 2.45) is 5.41 Å². The lowest BCUT2D eigenvalue weighted by Crippen LogP contribution is -2.54. The number of aromatic nitrogens is 1. The molecule has 12 heteroatoms. The highest BCUT2D eigenvalue weighted by molar-refractivity contribution is 6.06. The molecule has 1 spiro atoms. The molecular formula is C41H50N6O6. The number of nitrogens with zero attached hydrogens (tertiary/aromatic N) is 4. The molecule has 2 N–H and O–H groups in total. The molecule has 1 saturated heterocycles. The highest BCUT2D eigenvalue weighted by Crippen LogP contribution is 2.47. The molecule has 3 heterocycles. The van der Waals surface area contributed by atoms with E-state index in [9.17, 15) is 24.0 Å². The van der Waals surface area contributed by atoms with Gasteiger partial charge in [0.2, 0.25) is 23.6 Å². The number of likely N-dealkylation sites (tertiary alicyclic amines) is 1. The van der Waals surface area contributed by atoms with E-state index in [-0.39, 0.29) is 36.7 Å². The molecule has 53 heavy (non-hydrogen) atoms. The number of rotatable bonds is 8. The lowest BCUT2D eigenvalue weighted by molar-refractivity contribution is -0.151. The molecule has 0 saturated carbocycles. The number of carbonyl (C=O) groups excluding carboxylic acids is 5. The molecule has 2 aliphatic heterocycles. The Morgan fingerprint density at radius 2 is 1.64 bits per heavy atom. The van der Waals surface area contributed by atoms with Crippen molar-refractivity contribution < 1.29 is 28.7 Å². The Kier molecular flexibility index (Phi) is 10.1. The molecule has 280 valence electrons. The van der Waals surface area contributed by atoms with Crippen molar-refractivity contribution in [2.75, 3.05) is 30.8 Å². The summed E-state index contributed by atoms with van der Waals surface area (Å²) in [6.07, 6.45) is 3.17. The van der Waals surface area contributed by atoms with Crippen LogP contribution < -0.4 is 10.6 Å². The summed E-state index contributed by atoms with van der Waals surface area (Å²) in [7, 11) is 1.67. The van der Waals surface area contributed by atoms with Crippen LogP contribution in [0.1, 0.15) is 82.2 Å². The number of amides is 5. The summed E-state index contributed by atoms with van der Waals surface area (Å²) < 4.78 is 5.57. The largest absolute Gasteiger partial charge is 0.444 e. The van der Waals surface area contributed by atoms with Crippen molar-refractivity contribution in [3.63, 3.8) is 0 Å². The molecule has 2 atom stereocenters. The molecule has 1 aromatic heterocycles. The van der Waals surface area contributed by atoms with Crippen LogP contribution >= 0.6 is 0 Å². The van der Waals surface area contributed by atoms with Crippen molar-refractivity contribution in [2.45, 2.75) is 97.4 Å². The van der Waals surface area contributed by atoms with E-state index in [1.807, 2.05) is 82.3 Å². The number of piperidine rings is 1. The molecule has 1 fully saturated rings. The number of anilines is 2. The van der Waals surface area contributed by atoms with E-state index in [1.54, 1.807) is 30.0 Å². The summed E-state index contributed by atoms with van der Waals surface area (Å²) in [6.45, 7) is 11.9. The number of hydrogen-bond acceptors (Lipinski definition) is 7. The van der Waals surface area contributed by atoms with Gasteiger partial charge in [0.15, 0.2) is 0 Å². The number of nitrogens with one attached hydrogen (secondary N) is 2. The molecule has 0 radical (unpaired) electrons. The number of benzene rings is 2. The highest BCUT2D eigenvalue weighted by atomic mass is 16.6. The van der Waals surface area contributed by atoms with E-state index in [0.717, 1.165) is 27.8 Å². The van der Waals surface area contributed by atoms with Crippen LogP contribution in [0.2, 0.25) is 0 Å². The summed E-state index contributed by atoms with van der Waals surface area (Å²) in [5.41, 5.74) is 2.92. The van der Waals surface area contributed by atoms with E-state index in [0.29, 0.717) is 50.3 Å². The van der Waals surface area contributed by atoms with Gasteiger partial charge >= 0.3 is 6.09 Å². The fourth-order valence-electron chi connectivity index (χ4n) is 7.70. The normalized spacial score (nSPS) is 19.2. The number of carbonyl (C=O) groups is 5. The zero-order valence-electron chi connectivity index (χ0n) is 31.7. The summed E-state index contributed by atoms with van der Waals surface area (Å²) in [4.78, 5) is 76.2. The van der Waals surface area contributed by atoms with Crippen molar-refractivity contribution >= 4 is 41.2 Å². The third-order valence-corrected chi connectivity index (χ3v) is 11.0. The fourth-order valence-corrected chi connectivity index (χ4v) is 7.70. The van der Waals surface area contributed by atoms with Gasteiger partial charge in [-0.05, 0) is 93.8 Å². The molecule has 3 aliphatic rings. The maximum atomic E-state index is 14.6. The highest BCUT2D eigenvalue weighted by Gasteiger charge is 2.51. The number of hydrogen-bond donors (Lipinski definition) is 2. The Morgan fingerprint density at radius 1 is 0.981 bits per heavy atom. The molecule has 6 rings (SSSR count). The van der Waals surface area contributed by atoms with Crippen molar-refractivity contribution in [3.05, 3.63) is 88.6 Å². The van der Waals surface area contributed by atoms with E-state index >= 15 is 0 Å². The van der Waals surface area contributed by atoms with Crippen LogP contribution in [0.25, 0.3) is 0 Å². The lowest BCUT2D eigenvalue weighted by atomic mass is 9.78. The van der Waals surface area contributed by atoms with Crippen LogP contribution in [0, 0.1) is 5.41 Å². The van der Waals surface area contributed by atoms with E-state index < -0.39 is 28.6 Å². The summed E-state index contributed by atoms with van der Waals surface area (Å²) >= 11 is 0. The fraction of sp³-hybridized carbons (Fsp3) is 0.463. The molecule has 0 bridgehead atoms. The zero-order chi connectivity index (χ0) is 38.3. The van der Waals surface area contributed by atoms with Gasteiger partial charge in [-0.1, -0.05) is 43.3 Å². The number of pyridine rings is 1. The first-order valence-corrected chi connectivity index (χ1v) is 18.3. The lowest BCUT2D eigenvalue weighted by Gasteiger charge is -2.42. The quantitative estimate of drug-likeness (QED) is 0.316. The SMILES string of the molecule is CC(=O)N1CCC(C)(C(=O)N(Cc2ccccc2CN(C)C(=O)OC(C)(C)C)[C@H](C)C(=O)Nc2ccc3c(c2)C[C@@]2(C3)C(=O)Nc3ncccc32)CC1. The van der Waals surface area contributed by atoms with Crippen LogP contribution in [0.5, 0.6) is 0 Å². The predicted molar refractivity (Wildman–Crippen MR) is 201 cm³/mol. The Labute approximate surface area is 311 Å².